The molecule has 0 bridgehead atoms. The first-order valence-corrected chi connectivity index (χ1v) is 8.75. The highest BCUT2D eigenvalue weighted by molar-refractivity contribution is 6.14. The lowest BCUT2D eigenvalue weighted by atomic mass is 10.0. The van der Waals surface area contributed by atoms with Crippen molar-refractivity contribution < 1.29 is 8.58 Å². The lowest BCUT2D eigenvalue weighted by Gasteiger charge is -2.15. The molecule has 2 aromatic carbocycles. The summed E-state index contributed by atoms with van der Waals surface area (Å²) in [7, 11) is 0. The van der Waals surface area contributed by atoms with Gasteiger partial charge in [-0.2, -0.15) is 0 Å². The van der Waals surface area contributed by atoms with E-state index in [1.807, 2.05) is 60.7 Å². The van der Waals surface area contributed by atoms with Gasteiger partial charge in [0.1, 0.15) is 6.04 Å². The van der Waals surface area contributed by atoms with Crippen LogP contribution >= 0.6 is 0 Å². The maximum absolute atomic E-state index is 12.3. The number of rotatable bonds is 6. The van der Waals surface area contributed by atoms with E-state index in [9.17, 15) is 4.79 Å². The van der Waals surface area contributed by atoms with Crippen molar-refractivity contribution in [2.24, 2.45) is 4.99 Å². The monoisotopic (exact) mass is 358 g/mol. The Kier molecular flexibility index (Phi) is 6.26. The topological polar surface area (TPSA) is 64.4 Å². The van der Waals surface area contributed by atoms with E-state index in [0.29, 0.717) is 12.1 Å². The molecule has 0 aliphatic rings. The summed E-state index contributed by atoms with van der Waals surface area (Å²) in [5.41, 5.74) is 3.31. The van der Waals surface area contributed by atoms with Crippen molar-refractivity contribution in [2.45, 2.75) is 12.5 Å². The Morgan fingerprint density at radius 3 is 2.12 bits per heavy atom. The first kappa shape index (κ1) is 18.0. The Hall–Kier alpha value is -2.81. The van der Waals surface area contributed by atoms with Crippen molar-refractivity contribution >= 4 is 28.3 Å². The fourth-order valence-corrected chi connectivity index (χ4v) is 2.77. The Balaban J connectivity index is 2.03. The molecule has 0 saturated heterocycles. The first-order chi connectivity index (χ1) is 12.8. The number of carbonyl (C=O) groups excluding carboxylic acids is 1. The Bertz CT molecular complexity index is 830. The number of benzene rings is 2. The van der Waals surface area contributed by atoms with Crippen LogP contribution in [0.2, 0.25) is 0 Å². The predicted octanol–water partition coefficient (Wildman–Crippen LogP) is 2.28. The molecule has 1 heterocycles. The van der Waals surface area contributed by atoms with Crippen molar-refractivity contribution in [3.8, 4) is 0 Å². The molecule has 1 radical (unpaired) electrons. The number of hydrogen-bond donors (Lipinski definition) is 0. The van der Waals surface area contributed by atoms with Gasteiger partial charge >= 0.3 is 16.6 Å². The molecule has 6 heteroatoms. The first-order valence-electron chi connectivity index (χ1n) is 8.17. The molecule has 3 rings (SSSR count). The minimum absolute atomic E-state index is 0.328. The molecule has 0 aliphatic carbocycles. The summed E-state index contributed by atoms with van der Waals surface area (Å²) in [5.74, 6) is -0.390. The minimum atomic E-state index is -0.695. The molecule has 0 saturated carbocycles. The highest BCUT2D eigenvalue weighted by Gasteiger charge is 2.20. The second-order valence-corrected chi connectivity index (χ2v) is 5.88. The summed E-state index contributed by atoms with van der Waals surface area (Å²) in [5, 5.41) is 0. The standard InChI is InChI=1S/C20H17N3O2.Al.H/c24-20(25)18(13-17-14-21-11-12-22-17)23-19(15-7-3-1-4-8-15)16-9-5-2-6-10-16;;/h1-12,14,18H,13H2,(H,24,25);;/q;+1;/p-1. The Morgan fingerprint density at radius 1 is 1.00 bits per heavy atom. The fourth-order valence-electron chi connectivity index (χ4n) is 2.57. The van der Waals surface area contributed by atoms with Gasteiger partial charge in [0.05, 0.1) is 11.4 Å². The number of aliphatic imine (C=N–C) groups is 1. The zero-order valence-electron chi connectivity index (χ0n) is 14.2. The van der Waals surface area contributed by atoms with Crippen LogP contribution in [0.4, 0.5) is 0 Å². The molecule has 3 aromatic rings. The molecular weight excluding hydrogens is 341 g/mol. The van der Waals surface area contributed by atoms with Crippen molar-refractivity contribution in [1.29, 1.82) is 0 Å². The molecule has 1 atom stereocenters. The van der Waals surface area contributed by atoms with Gasteiger partial charge in [0.2, 0.25) is 0 Å². The summed E-state index contributed by atoms with van der Waals surface area (Å²) < 4.78 is 4.99. The largest absolute Gasteiger partial charge is 0.623 e. The fraction of sp³-hybridized carbons (Fsp3) is 0.100. The average Bonchev–Trinajstić information content (AvgIpc) is 2.72. The number of nitrogens with zero attached hydrogens (tertiary/aromatic N) is 3. The van der Waals surface area contributed by atoms with E-state index >= 15 is 0 Å². The lowest BCUT2D eigenvalue weighted by molar-refractivity contribution is -0.135. The highest BCUT2D eigenvalue weighted by Crippen LogP contribution is 2.14. The SMILES string of the molecule is O=C([O][AlH])C(Cc1cnccn1)N=C(c1ccccc1)c1ccccc1. The van der Waals surface area contributed by atoms with Crippen LogP contribution in [0.3, 0.4) is 0 Å². The number of carbonyl (C=O) groups is 1. The third-order valence-electron chi connectivity index (χ3n) is 3.81. The molecule has 1 aromatic heterocycles. The summed E-state index contributed by atoms with van der Waals surface area (Å²) in [6, 6.07) is 18.9. The number of hydrogen-bond acceptors (Lipinski definition) is 5. The van der Waals surface area contributed by atoms with Gasteiger partial charge < -0.3 is 3.79 Å². The van der Waals surface area contributed by atoms with E-state index in [1.165, 1.54) is 0 Å². The second-order valence-electron chi connectivity index (χ2n) is 5.59. The zero-order chi connectivity index (χ0) is 18.2. The molecule has 0 fully saturated rings. The maximum atomic E-state index is 12.3. The van der Waals surface area contributed by atoms with Crippen LogP contribution in [0.25, 0.3) is 0 Å². The van der Waals surface area contributed by atoms with Crippen molar-refractivity contribution in [2.75, 3.05) is 0 Å². The van der Waals surface area contributed by atoms with Crippen molar-refractivity contribution in [3.05, 3.63) is 96.1 Å². The highest BCUT2D eigenvalue weighted by atomic mass is 27.1. The van der Waals surface area contributed by atoms with Gasteiger partial charge in [-0.15, -0.1) is 0 Å². The summed E-state index contributed by atoms with van der Waals surface area (Å²) >= 11 is 1.16. The van der Waals surface area contributed by atoms with Crippen LogP contribution in [-0.2, 0) is 15.0 Å². The summed E-state index contributed by atoms with van der Waals surface area (Å²) in [6.07, 6.45) is 5.16. The summed E-state index contributed by atoms with van der Waals surface area (Å²) in [6.45, 7) is 0. The predicted molar refractivity (Wildman–Crippen MR) is 101 cm³/mol. The van der Waals surface area contributed by atoms with Gasteiger partial charge in [-0.25, -0.2) is 0 Å². The molecule has 0 N–H and O–H groups in total. The van der Waals surface area contributed by atoms with Gasteiger partial charge in [0.15, 0.2) is 0 Å². The van der Waals surface area contributed by atoms with E-state index < -0.39 is 12.0 Å². The van der Waals surface area contributed by atoms with E-state index in [2.05, 4.69) is 9.97 Å². The van der Waals surface area contributed by atoms with Crippen LogP contribution in [0.1, 0.15) is 16.8 Å². The average molecular weight is 358 g/mol. The second kappa shape index (κ2) is 9.05. The molecule has 0 spiro atoms. The van der Waals surface area contributed by atoms with Crippen LogP contribution in [0.15, 0.2) is 84.2 Å². The molecule has 127 valence electrons. The molecule has 5 nitrogen and oxygen atoms in total. The van der Waals surface area contributed by atoms with Crippen LogP contribution in [-0.4, -0.2) is 44.3 Å². The minimum Gasteiger partial charge on any atom is -0.623 e. The third kappa shape index (κ3) is 4.63. The molecule has 0 amide bonds. The van der Waals surface area contributed by atoms with Crippen molar-refractivity contribution in [1.82, 2.24) is 9.97 Å². The Morgan fingerprint density at radius 2 is 1.62 bits per heavy atom. The maximum Gasteiger partial charge on any atom is 0.496 e. The Labute approximate surface area is 160 Å². The van der Waals surface area contributed by atoms with Crippen LogP contribution < -0.4 is 0 Å². The van der Waals surface area contributed by atoms with Crippen LogP contribution in [0, 0.1) is 0 Å². The van der Waals surface area contributed by atoms with Crippen molar-refractivity contribution in [3.63, 3.8) is 0 Å². The lowest BCUT2D eigenvalue weighted by Crippen LogP contribution is -2.26. The van der Waals surface area contributed by atoms with Crippen LogP contribution in [0.5, 0.6) is 0 Å². The molecular formula is C20H17AlN3O2. The smallest absolute Gasteiger partial charge is 0.496 e. The summed E-state index contributed by atoms with van der Waals surface area (Å²) in [4.78, 5) is 25.4. The number of aromatic nitrogens is 2. The van der Waals surface area contributed by atoms with Gasteiger partial charge in [-0.05, 0) is 0 Å². The third-order valence-corrected chi connectivity index (χ3v) is 4.10. The normalized spacial score (nSPS) is 11.4. The molecule has 26 heavy (non-hydrogen) atoms. The van der Waals surface area contributed by atoms with Gasteiger partial charge in [0, 0.05) is 36.1 Å². The van der Waals surface area contributed by atoms with Gasteiger partial charge in [-0.3, -0.25) is 19.8 Å². The van der Waals surface area contributed by atoms with E-state index in [0.717, 1.165) is 33.5 Å². The van der Waals surface area contributed by atoms with E-state index in [4.69, 9.17) is 8.78 Å². The van der Waals surface area contributed by atoms with E-state index in [-0.39, 0.29) is 0 Å². The molecule has 1 unspecified atom stereocenters. The van der Waals surface area contributed by atoms with Gasteiger partial charge in [0.25, 0.3) is 5.97 Å². The quantitative estimate of drug-likeness (QED) is 0.501. The molecule has 0 aliphatic heterocycles. The van der Waals surface area contributed by atoms with E-state index in [1.54, 1.807) is 18.6 Å². The van der Waals surface area contributed by atoms with Gasteiger partial charge in [-0.1, -0.05) is 60.7 Å². The zero-order valence-corrected chi connectivity index (χ0v) is 15.6.